The predicted molar refractivity (Wildman–Crippen MR) is 97.7 cm³/mol. The lowest BCUT2D eigenvalue weighted by Gasteiger charge is -2.34. The van der Waals surface area contributed by atoms with Crippen LogP contribution in [0.25, 0.3) is 11.6 Å². The molecule has 0 bridgehead atoms. The van der Waals surface area contributed by atoms with E-state index in [4.69, 9.17) is 4.74 Å². The number of nitrogens with zero attached hydrogens (tertiary/aromatic N) is 5. The predicted octanol–water partition coefficient (Wildman–Crippen LogP) is 2.39. The molecule has 0 saturated carbocycles. The largest absolute Gasteiger partial charge is 0.484 e. The van der Waals surface area contributed by atoms with E-state index in [1.54, 1.807) is 18.5 Å². The van der Waals surface area contributed by atoms with E-state index < -0.39 is 0 Å². The fourth-order valence-corrected chi connectivity index (χ4v) is 3.20. The van der Waals surface area contributed by atoms with Crippen molar-refractivity contribution in [3.05, 3.63) is 54.6 Å². The van der Waals surface area contributed by atoms with Crippen LogP contribution < -0.4 is 4.74 Å². The lowest BCUT2D eigenvalue weighted by Crippen LogP contribution is -2.41. The van der Waals surface area contributed by atoms with E-state index >= 15 is 0 Å². The third-order valence-electron chi connectivity index (χ3n) is 4.51. The Hall–Kier alpha value is -3.29. The number of hydrogen-bond acceptors (Lipinski definition) is 6. The Balaban J connectivity index is 1.47. The van der Waals surface area contributed by atoms with Gasteiger partial charge in [-0.2, -0.15) is 0 Å². The van der Waals surface area contributed by atoms with E-state index in [1.165, 1.54) is 0 Å². The Kier molecular flexibility index (Phi) is 5.04. The van der Waals surface area contributed by atoms with Crippen LogP contribution in [0.2, 0.25) is 0 Å². The van der Waals surface area contributed by atoms with Crippen LogP contribution in [0.1, 0.15) is 31.1 Å². The minimum absolute atomic E-state index is 0.00328. The summed E-state index contributed by atoms with van der Waals surface area (Å²) in [5, 5.41) is 7.18. The number of benzene rings is 1. The van der Waals surface area contributed by atoms with Crippen LogP contribution in [-0.2, 0) is 4.79 Å². The molecule has 1 amide bonds. The molecule has 1 atom stereocenters. The van der Waals surface area contributed by atoms with Gasteiger partial charge in [0.15, 0.2) is 12.4 Å². The van der Waals surface area contributed by atoms with Crippen molar-refractivity contribution in [1.29, 1.82) is 0 Å². The second-order valence-electron chi connectivity index (χ2n) is 6.32. The molecule has 1 saturated heterocycles. The number of rotatable bonds is 5. The molecule has 27 heavy (non-hydrogen) atoms. The monoisotopic (exact) mass is 364 g/mol. The number of aromatic amines is 1. The van der Waals surface area contributed by atoms with Gasteiger partial charge in [0.2, 0.25) is 5.82 Å². The molecule has 1 aromatic carbocycles. The van der Waals surface area contributed by atoms with E-state index in [-0.39, 0.29) is 18.6 Å². The Bertz CT molecular complexity index is 883. The molecule has 1 N–H and O–H groups in total. The van der Waals surface area contributed by atoms with Gasteiger partial charge in [0.25, 0.3) is 5.91 Å². The highest BCUT2D eigenvalue weighted by Gasteiger charge is 2.31. The molecule has 0 spiro atoms. The SMILES string of the molecule is O=C(COc1ccccc1)N1CCCC[C@@H]1c1nc(-c2ncccn2)n[nH]1. The van der Waals surface area contributed by atoms with Crippen molar-refractivity contribution in [3.63, 3.8) is 0 Å². The van der Waals surface area contributed by atoms with Crippen molar-refractivity contribution >= 4 is 5.91 Å². The van der Waals surface area contributed by atoms with Gasteiger partial charge in [0, 0.05) is 18.9 Å². The minimum atomic E-state index is -0.143. The van der Waals surface area contributed by atoms with Crippen LogP contribution in [-0.4, -0.2) is 49.1 Å². The average molecular weight is 364 g/mol. The number of para-hydroxylation sites is 1. The van der Waals surface area contributed by atoms with Crippen LogP contribution in [0.3, 0.4) is 0 Å². The Labute approximate surface area is 156 Å². The number of likely N-dealkylation sites (tertiary alicyclic amines) is 1. The molecule has 3 aromatic rings. The van der Waals surface area contributed by atoms with E-state index in [2.05, 4.69) is 25.1 Å². The molecule has 8 nitrogen and oxygen atoms in total. The number of hydrogen-bond donors (Lipinski definition) is 1. The molecule has 4 rings (SSSR count). The molecule has 8 heteroatoms. The van der Waals surface area contributed by atoms with Crippen molar-refractivity contribution in [2.45, 2.75) is 25.3 Å². The minimum Gasteiger partial charge on any atom is -0.484 e. The van der Waals surface area contributed by atoms with Gasteiger partial charge in [0.05, 0.1) is 6.04 Å². The first kappa shape index (κ1) is 17.1. The quantitative estimate of drug-likeness (QED) is 0.747. The van der Waals surface area contributed by atoms with Crippen LogP contribution in [0.15, 0.2) is 48.8 Å². The van der Waals surface area contributed by atoms with E-state index in [0.717, 1.165) is 19.3 Å². The van der Waals surface area contributed by atoms with Crippen LogP contribution >= 0.6 is 0 Å². The van der Waals surface area contributed by atoms with Crippen LogP contribution in [0.5, 0.6) is 5.75 Å². The highest BCUT2D eigenvalue weighted by molar-refractivity contribution is 5.78. The van der Waals surface area contributed by atoms with Gasteiger partial charge in [-0.25, -0.2) is 15.0 Å². The van der Waals surface area contributed by atoms with Crippen molar-refractivity contribution in [2.75, 3.05) is 13.2 Å². The molecular formula is C19H20N6O2. The number of carbonyl (C=O) groups excluding carboxylic acids is 1. The molecule has 2 aromatic heterocycles. The van der Waals surface area contributed by atoms with Crippen LogP contribution in [0, 0.1) is 0 Å². The normalized spacial score (nSPS) is 16.9. The lowest BCUT2D eigenvalue weighted by molar-refractivity contribution is -0.137. The smallest absolute Gasteiger partial charge is 0.261 e. The summed E-state index contributed by atoms with van der Waals surface area (Å²) in [7, 11) is 0. The third-order valence-corrected chi connectivity index (χ3v) is 4.51. The van der Waals surface area contributed by atoms with E-state index in [9.17, 15) is 4.79 Å². The summed E-state index contributed by atoms with van der Waals surface area (Å²) in [6, 6.07) is 10.9. The molecular weight excluding hydrogens is 344 g/mol. The maximum atomic E-state index is 12.7. The average Bonchev–Trinajstić information content (AvgIpc) is 3.23. The second-order valence-corrected chi connectivity index (χ2v) is 6.32. The fourth-order valence-electron chi connectivity index (χ4n) is 3.20. The van der Waals surface area contributed by atoms with Gasteiger partial charge in [0.1, 0.15) is 11.6 Å². The number of carbonyl (C=O) groups is 1. The van der Waals surface area contributed by atoms with Gasteiger partial charge in [-0.15, -0.1) is 5.10 Å². The molecule has 0 unspecified atom stereocenters. The highest BCUT2D eigenvalue weighted by atomic mass is 16.5. The summed E-state index contributed by atoms with van der Waals surface area (Å²) < 4.78 is 5.62. The Morgan fingerprint density at radius 1 is 1.11 bits per heavy atom. The molecule has 138 valence electrons. The molecule has 3 heterocycles. The van der Waals surface area contributed by atoms with E-state index in [0.29, 0.717) is 29.8 Å². The summed E-state index contributed by atoms with van der Waals surface area (Å²) in [6.45, 7) is 0.683. The first-order valence-electron chi connectivity index (χ1n) is 8.98. The van der Waals surface area contributed by atoms with Gasteiger partial charge < -0.3 is 9.64 Å². The number of nitrogens with one attached hydrogen (secondary N) is 1. The Morgan fingerprint density at radius 3 is 2.74 bits per heavy atom. The summed E-state index contributed by atoms with van der Waals surface area (Å²) in [4.78, 5) is 27.4. The second kappa shape index (κ2) is 7.94. The number of aromatic nitrogens is 5. The molecule has 0 aliphatic carbocycles. The standard InChI is InChI=1S/C19H20N6O2/c26-16(13-27-14-7-2-1-3-8-14)25-12-5-4-9-15(25)17-22-19(24-23-17)18-20-10-6-11-21-18/h1-3,6-8,10-11,15H,4-5,9,12-13H2,(H,22,23,24)/t15-/m1/s1. The summed E-state index contributed by atoms with van der Waals surface area (Å²) >= 11 is 0. The van der Waals surface area contributed by atoms with Gasteiger partial charge in [-0.3, -0.25) is 9.89 Å². The topological polar surface area (TPSA) is 96.9 Å². The van der Waals surface area contributed by atoms with Crippen molar-refractivity contribution in [1.82, 2.24) is 30.0 Å². The third kappa shape index (κ3) is 3.94. The maximum Gasteiger partial charge on any atom is 0.261 e. The van der Waals surface area contributed by atoms with E-state index in [1.807, 2.05) is 35.2 Å². The number of amides is 1. The highest BCUT2D eigenvalue weighted by Crippen LogP contribution is 2.29. The fraction of sp³-hybridized carbons (Fsp3) is 0.316. The summed E-state index contributed by atoms with van der Waals surface area (Å²) in [5.74, 6) is 2.18. The maximum absolute atomic E-state index is 12.7. The van der Waals surface area contributed by atoms with Gasteiger partial charge in [-0.05, 0) is 37.5 Å². The number of H-pyrrole nitrogens is 1. The number of piperidine rings is 1. The van der Waals surface area contributed by atoms with Crippen molar-refractivity contribution in [2.24, 2.45) is 0 Å². The number of ether oxygens (including phenoxy) is 1. The van der Waals surface area contributed by atoms with Crippen molar-refractivity contribution < 1.29 is 9.53 Å². The zero-order chi connectivity index (χ0) is 18.5. The molecule has 1 aliphatic heterocycles. The molecule has 1 aliphatic rings. The zero-order valence-corrected chi connectivity index (χ0v) is 14.8. The zero-order valence-electron chi connectivity index (χ0n) is 14.8. The first-order chi connectivity index (χ1) is 13.3. The summed E-state index contributed by atoms with van der Waals surface area (Å²) in [6.07, 6.45) is 6.13. The van der Waals surface area contributed by atoms with Gasteiger partial charge >= 0.3 is 0 Å². The Morgan fingerprint density at radius 2 is 1.93 bits per heavy atom. The first-order valence-corrected chi connectivity index (χ1v) is 8.98. The molecule has 1 fully saturated rings. The van der Waals surface area contributed by atoms with Crippen molar-refractivity contribution in [3.8, 4) is 17.4 Å². The van der Waals surface area contributed by atoms with Crippen LogP contribution in [0.4, 0.5) is 0 Å². The lowest BCUT2D eigenvalue weighted by atomic mass is 10.0. The summed E-state index contributed by atoms with van der Waals surface area (Å²) in [5.41, 5.74) is 0. The van der Waals surface area contributed by atoms with Gasteiger partial charge in [-0.1, -0.05) is 18.2 Å². The molecule has 0 radical (unpaired) electrons.